The normalized spacial score (nSPS) is 12.7. The minimum atomic E-state index is 0.279. The maximum absolute atomic E-state index is 6.21. The van der Waals surface area contributed by atoms with Gasteiger partial charge in [-0.25, -0.2) is 0 Å². The smallest absolute Gasteiger partial charge is 0.135 e. The highest BCUT2D eigenvalue weighted by atomic mass is 16.3. The fraction of sp³-hybridized carbons (Fsp3) is 0.179. The van der Waals surface area contributed by atoms with Gasteiger partial charge in [-0.15, -0.1) is 0 Å². The second-order valence-electron chi connectivity index (χ2n) is 8.29. The van der Waals surface area contributed by atoms with Crippen LogP contribution in [-0.2, 0) is 0 Å². The van der Waals surface area contributed by atoms with E-state index < -0.39 is 0 Å². The predicted molar refractivity (Wildman–Crippen MR) is 125 cm³/mol. The molecule has 0 aliphatic carbocycles. The zero-order chi connectivity index (χ0) is 20.7. The number of hydrogen-bond acceptors (Lipinski definition) is 2. The van der Waals surface area contributed by atoms with E-state index in [9.17, 15) is 0 Å². The van der Waals surface area contributed by atoms with Gasteiger partial charge in [0.2, 0.25) is 0 Å². The monoisotopic (exact) mass is 391 g/mol. The van der Waals surface area contributed by atoms with E-state index in [1.165, 1.54) is 22.1 Å². The van der Waals surface area contributed by atoms with Gasteiger partial charge >= 0.3 is 0 Å². The van der Waals surface area contributed by atoms with Crippen molar-refractivity contribution >= 4 is 21.9 Å². The second kappa shape index (κ2) is 7.46. The van der Waals surface area contributed by atoms with Gasteiger partial charge in [-0.2, -0.15) is 0 Å². The Morgan fingerprint density at radius 1 is 0.733 bits per heavy atom. The highest BCUT2D eigenvalue weighted by Gasteiger charge is 2.17. The summed E-state index contributed by atoms with van der Waals surface area (Å²) in [6, 6.07) is 27.7. The highest BCUT2D eigenvalue weighted by molar-refractivity contribution is 6.08. The molecule has 1 unspecified atom stereocenters. The van der Waals surface area contributed by atoms with E-state index in [0.29, 0.717) is 5.92 Å². The summed E-state index contributed by atoms with van der Waals surface area (Å²) >= 11 is 0. The number of fused-ring (bicyclic) bond motifs is 3. The minimum absolute atomic E-state index is 0.279. The van der Waals surface area contributed by atoms with Crippen molar-refractivity contribution in [1.29, 1.82) is 0 Å². The SMILES string of the molecule is CC(C)c1ccnc(-c2ccc3oc4cccc(C(C)c5ccccc5)c4c3c2)c1. The van der Waals surface area contributed by atoms with Crippen molar-refractivity contribution in [2.45, 2.75) is 32.6 Å². The van der Waals surface area contributed by atoms with Crippen molar-refractivity contribution in [3.63, 3.8) is 0 Å². The van der Waals surface area contributed by atoms with E-state index in [1.54, 1.807) is 0 Å². The topological polar surface area (TPSA) is 26.0 Å². The lowest BCUT2D eigenvalue weighted by Gasteiger charge is -2.14. The number of nitrogens with zero attached hydrogens (tertiary/aromatic N) is 1. The molecule has 148 valence electrons. The van der Waals surface area contributed by atoms with E-state index >= 15 is 0 Å². The number of benzene rings is 3. The summed E-state index contributed by atoms with van der Waals surface area (Å²) in [7, 11) is 0. The number of rotatable bonds is 4. The van der Waals surface area contributed by atoms with Gasteiger partial charge in [0.15, 0.2) is 0 Å². The summed E-state index contributed by atoms with van der Waals surface area (Å²) in [6.45, 7) is 6.69. The minimum Gasteiger partial charge on any atom is -0.456 e. The molecule has 30 heavy (non-hydrogen) atoms. The summed E-state index contributed by atoms with van der Waals surface area (Å²) in [4.78, 5) is 4.64. The Morgan fingerprint density at radius 3 is 2.37 bits per heavy atom. The fourth-order valence-electron chi connectivity index (χ4n) is 4.26. The first-order valence-electron chi connectivity index (χ1n) is 10.6. The highest BCUT2D eigenvalue weighted by Crippen LogP contribution is 2.38. The average Bonchev–Trinajstić information content (AvgIpc) is 3.17. The van der Waals surface area contributed by atoms with Gasteiger partial charge in [0.1, 0.15) is 11.2 Å². The molecule has 0 saturated carbocycles. The summed E-state index contributed by atoms with van der Waals surface area (Å²) in [5.74, 6) is 0.755. The van der Waals surface area contributed by atoms with Crippen LogP contribution in [0.4, 0.5) is 0 Å². The standard InChI is InChI=1S/C28H25NO/c1-18(2)21-14-15-29-25(17-21)22-12-13-26-24(16-22)28-23(10-7-11-27(28)30-26)19(3)20-8-5-4-6-9-20/h4-19H,1-3H3. The van der Waals surface area contributed by atoms with Gasteiger partial charge in [-0.3, -0.25) is 4.98 Å². The third-order valence-corrected chi connectivity index (χ3v) is 6.04. The van der Waals surface area contributed by atoms with Crippen molar-refractivity contribution in [3.05, 3.63) is 102 Å². The molecule has 2 heteroatoms. The lowest BCUT2D eigenvalue weighted by Crippen LogP contribution is -1.96. The Hall–Kier alpha value is -3.39. The van der Waals surface area contributed by atoms with Crippen LogP contribution >= 0.6 is 0 Å². The van der Waals surface area contributed by atoms with Crippen LogP contribution < -0.4 is 0 Å². The van der Waals surface area contributed by atoms with Crippen molar-refractivity contribution in [1.82, 2.24) is 4.98 Å². The van der Waals surface area contributed by atoms with Crippen LogP contribution in [0.25, 0.3) is 33.2 Å². The summed E-state index contributed by atoms with van der Waals surface area (Å²) in [6.07, 6.45) is 1.91. The fourth-order valence-corrected chi connectivity index (χ4v) is 4.26. The largest absolute Gasteiger partial charge is 0.456 e. The number of furan rings is 1. The van der Waals surface area contributed by atoms with Crippen molar-refractivity contribution in [2.24, 2.45) is 0 Å². The molecule has 2 nitrogen and oxygen atoms in total. The molecule has 0 amide bonds. The summed E-state index contributed by atoms with van der Waals surface area (Å²) in [5, 5.41) is 2.35. The van der Waals surface area contributed by atoms with Crippen LogP contribution in [0.1, 0.15) is 49.3 Å². The first kappa shape index (κ1) is 18.6. The van der Waals surface area contributed by atoms with Crippen molar-refractivity contribution < 1.29 is 4.42 Å². The molecule has 1 atom stereocenters. The molecule has 2 aromatic heterocycles. The second-order valence-corrected chi connectivity index (χ2v) is 8.29. The Bertz CT molecular complexity index is 1330. The van der Waals surface area contributed by atoms with Gasteiger partial charge < -0.3 is 4.42 Å². The predicted octanol–water partition coefficient (Wildman–Crippen LogP) is 7.92. The summed E-state index contributed by atoms with van der Waals surface area (Å²) < 4.78 is 6.21. The number of aromatic nitrogens is 1. The van der Waals surface area contributed by atoms with Gasteiger partial charge in [-0.1, -0.05) is 63.2 Å². The molecule has 0 saturated heterocycles. The van der Waals surface area contributed by atoms with Crippen LogP contribution in [0, 0.1) is 0 Å². The Balaban J connectivity index is 1.70. The van der Waals surface area contributed by atoms with Gasteiger partial charge in [-0.05, 0) is 59.0 Å². The number of hydrogen-bond donors (Lipinski definition) is 0. The molecular formula is C28H25NO. The molecule has 5 aromatic rings. The van der Waals surface area contributed by atoms with E-state index in [4.69, 9.17) is 4.42 Å². The summed E-state index contributed by atoms with van der Waals surface area (Å²) in [5.41, 5.74) is 7.88. The van der Waals surface area contributed by atoms with E-state index in [0.717, 1.165) is 27.8 Å². The first-order chi connectivity index (χ1) is 14.6. The Kier molecular flexibility index (Phi) is 4.63. The van der Waals surface area contributed by atoms with Crippen LogP contribution in [0.2, 0.25) is 0 Å². The van der Waals surface area contributed by atoms with Crippen LogP contribution in [0.5, 0.6) is 0 Å². The van der Waals surface area contributed by atoms with E-state index in [1.807, 2.05) is 6.20 Å². The Morgan fingerprint density at radius 2 is 1.57 bits per heavy atom. The van der Waals surface area contributed by atoms with Crippen molar-refractivity contribution in [3.8, 4) is 11.3 Å². The van der Waals surface area contributed by atoms with E-state index in [2.05, 4.69) is 105 Å². The van der Waals surface area contributed by atoms with Gasteiger partial charge in [0.25, 0.3) is 0 Å². The molecule has 0 aliphatic rings. The third kappa shape index (κ3) is 3.19. The van der Waals surface area contributed by atoms with E-state index in [-0.39, 0.29) is 5.92 Å². The van der Waals surface area contributed by atoms with Crippen LogP contribution in [-0.4, -0.2) is 4.98 Å². The molecule has 0 spiro atoms. The number of pyridine rings is 1. The molecule has 0 aliphatic heterocycles. The molecule has 0 N–H and O–H groups in total. The zero-order valence-corrected chi connectivity index (χ0v) is 17.6. The van der Waals surface area contributed by atoms with Crippen LogP contribution in [0.15, 0.2) is 89.5 Å². The molecule has 0 radical (unpaired) electrons. The maximum Gasteiger partial charge on any atom is 0.135 e. The third-order valence-electron chi connectivity index (χ3n) is 6.04. The molecule has 0 fully saturated rings. The van der Waals surface area contributed by atoms with Gasteiger partial charge in [0.05, 0.1) is 5.69 Å². The lowest BCUT2D eigenvalue weighted by atomic mass is 9.89. The zero-order valence-electron chi connectivity index (χ0n) is 17.6. The Labute approximate surface area is 177 Å². The quantitative estimate of drug-likeness (QED) is 0.311. The lowest BCUT2D eigenvalue weighted by molar-refractivity contribution is 0.668. The average molecular weight is 392 g/mol. The molecule has 3 aromatic carbocycles. The van der Waals surface area contributed by atoms with Gasteiger partial charge in [0, 0.05) is 28.5 Å². The van der Waals surface area contributed by atoms with Crippen LogP contribution in [0.3, 0.4) is 0 Å². The molecule has 0 bridgehead atoms. The molecule has 2 heterocycles. The molecule has 5 rings (SSSR count). The first-order valence-corrected chi connectivity index (χ1v) is 10.6. The van der Waals surface area contributed by atoms with Crippen molar-refractivity contribution in [2.75, 3.05) is 0 Å². The maximum atomic E-state index is 6.21. The molecular weight excluding hydrogens is 366 g/mol.